The molecule has 2 N–H and O–H groups in total. The largest absolute Gasteiger partial charge is 0.491 e. The third-order valence-electron chi connectivity index (χ3n) is 7.59. The van der Waals surface area contributed by atoms with Crippen molar-refractivity contribution in [2.24, 2.45) is 23.7 Å². The maximum absolute atomic E-state index is 13.1. The summed E-state index contributed by atoms with van der Waals surface area (Å²) < 4.78 is 16.7. The van der Waals surface area contributed by atoms with Crippen molar-refractivity contribution in [3.05, 3.63) is 29.3 Å². The highest BCUT2D eigenvalue weighted by molar-refractivity contribution is 5.99. The van der Waals surface area contributed by atoms with E-state index in [4.69, 9.17) is 14.2 Å². The number of hydrogen-bond donors (Lipinski definition) is 2. The molecule has 1 aliphatic carbocycles. The molecule has 2 aliphatic rings. The molecular weight excluding hydrogens is 500 g/mol. The van der Waals surface area contributed by atoms with Crippen molar-refractivity contribution in [3.8, 4) is 5.75 Å². The minimum Gasteiger partial charge on any atom is -0.491 e. The fourth-order valence-electron chi connectivity index (χ4n) is 5.22. The summed E-state index contributed by atoms with van der Waals surface area (Å²) in [5, 5.41) is 5.11. The Labute approximate surface area is 231 Å². The molecule has 0 aromatic heterocycles. The van der Waals surface area contributed by atoms with E-state index in [1.165, 1.54) is 5.56 Å². The van der Waals surface area contributed by atoms with Crippen LogP contribution in [0, 0.1) is 23.7 Å². The van der Waals surface area contributed by atoms with Gasteiger partial charge in [-0.2, -0.15) is 0 Å². The lowest BCUT2D eigenvalue weighted by molar-refractivity contribution is -0.138. The summed E-state index contributed by atoms with van der Waals surface area (Å²) in [7, 11) is 0. The summed E-state index contributed by atoms with van der Waals surface area (Å²) >= 11 is 0. The SMILES string of the molecule is CC1Cc2cc(OCCOCCNC(=O)OC(C)(C)C)ccc2CCC(C2CCC(=O)NC2=O)CC(=O)C1C. The van der Waals surface area contributed by atoms with Crippen molar-refractivity contribution in [1.29, 1.82) is 0 Å². The van der Waals surface area contributed by atoms with Gasteiger partial charge >= 0.3 is 6.09 Å². The molecule has 1 fully saturated rings. The molecular formula is C30H44N2O7. The highest BCUT2D eigenvalue weighted by atomic mass is 16.6. The number of imide groups is 1. The number of piperidine rings is 1. The zero-order valence-electron chi connectivity index (χ0n) is 24.0. The van der Waals surface area contributed by atoms with Crippen molar-refractivity contribution >= 4 is 23.7 Å². The molecule has 0 bridgehead atoms. The van der Waals surface area contributed by atoms with Crippen LogP contribution in [-0.2, 0) is 36.7 Å². The number of amides is 3. The number of fused-ring (bicyclic) bond motifs is 1. The summed E-state index contributed by atoms with van der Waals surface area (Å²) in [6, 6.07) is 6.09. The van der Waals surface area contributed by atoms with E-state index in [9.17, 15) is 19.2 Å². The first kappa shape index (κ1) is 30.6. The summed E-state index contributed by atoms with van der Waals surface area (Å²) in [5.74, 6) is 0.0919. The smallest absolute Gasteiger partial charge is 0.407 e. The molecule has 4 unspecified atom stereocenters. The maximum Gasteiger partial charge on any atom is 0.407 e. The van der Waals surface area contributed by atoms with Gasteiger partial charge < -0.3 is 19.5 Å². The molecule has 1 saturated heterocycles. The lowest BCUT2D eigenvalue weighted by atomic mass is 9.74. The second-order valence-corrected chi connectivity index (χ2v) is 11.8. The molecule has 3 rings (SSSR count). The Kier molecular flexibility index (Phi) is 10.9. The van der Waals surface area contributed by atoms with Gasteiger partial charge in [-0.25, -0.2) is 4.79 Å². The molecule has 9 heteroatoms. The summed E-state index contributed by atoms with van der Waals surface area (Å²) in [5.41, 5.74) is 1.83. The van der Waals surface area contributed by atoms with E-state index in [2.05, 4.69) is 29.7 Å². The molecule has 4 atom stereocenters. The lowest BCUT2D eigenvalue weighted by Crippen LogP contribution is -2.44. The average molecular weight is 545 g/mol. The number of ketones is 1. The second kappa shape index (κ2) is 13.9. The van der Waals surface area contributed by atoms with Crippen LogP contribution in [0.15, 0.2) is 18.2 Å². The molecule has 0 spiro atoms. The molecule has 1 heterocycles. The zero-order valence-corrected chi connectivity index (χ0v) is 24.0. The van der Waals surface area contributed by atoms with Crippen LogP contribution in [0.2, 0.25) is 0 Å². The Bertz CT molecular complexity index is 1030. The predicted molar refractivity (Wildman–Crippen MR) is 146 cm³/mol. The quantitative estimate of drug-likeness (QED) is 0.375. The molecule has 1 aromatic rings. The van der Waals surface area contributed by atoms with Crippen LogP contribution in [-0.4, -0.2) is 55.7 Å². The highest BCUT2D eigenvalue weighted by Gasteiger charge is 2.36. The summed E-state index contributed by atoms with van der Waals surface area (Å²) in [6.07, 6.45) is 3.00. The lowest BCUT2D eigenvalue weighted by Gasteiger charge is -2.31. The first-order valence-corrected chi connectivity index (χ1v) is 14.1. The number of alkyl carbamates (subject to hydrolysis) is 1. The Balaban J connectivity index is 1.55. The normalized spacial score (nSPS) is 24.4. The van der Waals surface area contributed by atoms with Gasteiger partial charge in [-0.1, -0.05) is 19.9 Å². The van der Waals surface area contributed by atoms with Gasteiger partial charge in [0, 0.05) is 31.2 Å². The highest BCUT2D eigenvalue weighted by Crippen LogP contribution is 2.34. The first-order valence-electron chi connectivity index (χ1n) is 14.1. The number of carbonyl (C=O) groups excluding carboxylic acids is 4. The average Bonchev–Trinajstić information content (AvgIpc) is 2.84. The second-order valence-electron chi connectivity index (χ2n) is 11.8. The van der Waals surface area contributed by atoms with E-state index < -0.39 is 11.7 Å². The van der Waals surface area contributed by atoms with Crippen molar-refractivity contribution < 1.29 is 33.4 Å². The molecule has 1 aromatic carbocycles. The van der Waals surface area contributed by atoms with E-state index in [0.717, 1.165) is 30.6 Å². The van der Waals surface area contributed by atoms with E-state index in [1.54, 1.807) is 0 Å². The molecule has 216 valence electrons. The number of aryl methyl sites for hydroxylation is 1. The van der Waals surface area contributed by atoms with Crippen LogP contribution in [0.25, 0.3) is 0 Å². The Morgan fingerprint density at radius 3 is 2.49 bits per heavy atom. The van der Waals surface area contributed by atoms with Crippen LogP contribution in [0.1, 0.15) is 71.4 Å². The van der Waals surface area contributed by atoms with Crippen LogP contribution in [0.4, 0.5) is 4.79 Å². The number of ether oxygens (including phenoxy) is 3. The number of rotatable bonds is 8. The Morgan fingerprint density at radius 2 is 1.77 bits per heavy atom. The van der Waals surface area contributed by atoms with Crippen LogP contribution >= 0.6 is 0 Å². The van der Waals surface area contributed by atoms with Crippen molar-refractivity contribution in [3.63, 3.8) is 0 Å². The Hall–Kier alpha value is -2.94. The number of nitrogens with one attached hydrogen (secondary N) is 2. The number of hydrogen-bond acceptors (Lipinski definition) is 7. The molecule has 3 amide bonds. The van der Waals surface area contributed by atoms with E-state index in [0.29, 0.717) is 45.6 Å². The minimum atomic E-state index is -0.537. The van der Waals surface area contributed by atoms with E-state index in [1.807, 2.05) is 33.8 Å². The Morgan fingerprint density at radius 1 is 1.00 bits per heavy atom. The van der Waals surface area contributed by atoms with E-state index >= 15 is 0 Å². The molecule has 39 heavy (non-hydrogen) atoms. The van der Waals surface area contributed by atoms with Gasteiger partial charge in [0.15, 0.2) is 0 Å². The van der Waals surface area contributed by atoms with Crippen LogP contribution in [0.5, 0.6) is 5.75 Å². The monoisotopic (exact) mass is 544 g/mol. The zero-order chi connectivity index (χ0) is 28.6. The maximum atomic E-state index is 13.1. The number of benzene rings is 1. The van der Waals surface area contributed by atoms with E-state index in [-0.39, 0.29) is 41.3 Å². The van der Waals surface area contributed by atoms with Gasteiger partial charge in [0.25, 0.3) is 0 Å². The van der Waals surface area contributed by atoms with Crippen LogP contribution < -0.4 is 15.4 Å². The fourth-order valence-corrected chi connectivity index (χ4v) is 5.22. The van der Waals surface area contributed by atoms with Crippen LogP contribution in [0.3, 0.4) is 0 Å². The minimum absolute atomic E-state index is 0.0796. The van der Waals surface area contributed by atoms with Crippen molar-refractivity contribution in [2.75, 3.05) is 26.4 Å². The third kappa shape index (κ3) is 9.64. The van der Waals surface area contributed by atoms with Gasteiger partial charge in [0.2, 0.25) is 11.8 Å². The first-order chi connectivity index (χ1) is 18.4. The van der Waals surface area contributed by atoms with Gasteiger partial charge in [-0.15, -0.1) is 0 Å². The molecule has 1 aliphatic heterocycles. The topological polar surface area (TPSA) is 120 Å². The van der Waals surface area contributed by atoms with Gasteiger partial charge in [0.05, 0.1) is 13.2 Å². The molecule has 0 radical (unpaired) electrons. The van der Waals surface area contributed by atoms with Crippen molar-refractivity contribution in [2.45, 2.75) is 78.7 Å². The van der Waals surface area contributed by atoms with Crippen molar-refractivity contribution in [1.82, 2.24) is 10.6 Å². The third-order valence-corrected chi connectivity index (χ3v) is 7.59. The summed E-state index contributed by atoms with van der Waals surface area (Å²) in [6.45, 7) is 11.0. The number of carbonyl (C=O) groups is 4. The standard InChI is InChI=1S/C30H44N2O7/c1-19-16-23-17-24(38-15-14-37-13-12-31-29(36)39-30(3,4)5)9-8-21(23)6-7-22(18-26(33)20(19)2)25-10-11-27(34)32-28(25)35/h8-9,17,19-20,22,25H,6-7,10-16,18H2,1-5H3,(H,31,36)(H,32,34,35). The summed E-state index contributed by atoms with van der Waals surface area (Å²) in [4.78, 5) is 49.0. The molecule has 0 saturated carbocycles. The van der Waals surface area contributed by atoms with Gasteiger partial charge in [-0.05, 0) is 81.5 Å². The number of Topliss-reactive ketones (excluding diaryl/α,β-unsaturated/α-hetero) is 1. The fraction of sp³-hybridized carbons (Fsp3) is 0.667. The van der Waals surface area contributed by atoms with Gasteiger partial charge in [-0.3, -0.25) is 19.7 Å². The van der Waals surface area contributed by atoms with Gasteiger partial charge in [0.1, 0.15) is 23.7 Å². The predicted octanol–water partition coefficient (Wildman–Crippen LogP) is 4.00. The molecule has 9 nitrogen and oxygen atoms in total.